The highest BCUT2D eigenvalue weighted by Crippen LogP contribution is 2.13. The topological polar surface area (TPSA) is 60.0 Å². The number of imidazole rings is 1. The Morgan fingerprint density at radius 1 is 1.26 bits per heavy atom. The van der Waals surface area contributed by atoms with E-state index in [-0.39, 0.29) is 29.5 Å². The van der Waals surface area contributed by atoms with E-state index in [1.165, 1.54) is 7.11 Å². The van der Waals surface area contributed by atoms with Crippen molar-refractivity contribution in [1.82, 2.24) is 9.13 Å². The largest absolute Gasteiger partial charge is 0.468 e. The molecule has 0 saturated heterocycles. The number of hydrogen-bond acceptors (Lipinski definition) is 3. The number of aromatic nitrogens is 2. The van der Waals surface area contributed by atoms with Crippen molar-refractivity contribution in [3.8, 4) is 0 Å². The number of nitrogens with zero attached hydrogens (tertiary/aromatic N) is 2. The molecular formula is C13H18BrN3O2. The summed E-state index contributed by atoms with van der Waals surface area (Å²) >= 11 is 0. The van der Waals surface area contributed by atoms with Crippen LogP contribution in [0.4, 0.5) is 0 Å². The molecule has 1 aromatic carbocycles. The summed E-state index contributed by atoms with van der Waals surface area (Å²) in [4.78, 5) is 11.4. The van der Waals surface area contributed by atoms with Crippen molar-refractivity contribution in [3.63, 3.8) is 0 Å². The molecule has 0 radical (unpaired) electrons. The minimum Gasteiger partial charge on any atom is -0.468 e. The lowest BCUT2D eigenvalue weighted by atomic mass is 10.3. The van der Waals surface area contributed by atoms with Crippen LogP contribution in [0.3, 0.4) is 0 Å². The van der Waals surface area contributed by atoms with Gasteiger partial charge in [-0.3, -0.25) is 14.8 Å². The molecule has 5 nitrogen and oxygen atoms in total. The van der Waals surface area contributed by atoms with Crippen molar-refractivity contribution in [3.05, 3.63) is 29.9 Å². The number of rotatable bonds is 4. The second-order valence-electron chi connectivity index (χ2n) is 4.13. The van der Waals surface area contributed by atoms with E-state index in [0.717, 1.165) is 24.0 Å². The Bertz CT molecular complexity index is 630. The number of aryl methyl sites for hydroxylation is 1. The van der Waals surface area contributed by atoms with Crippen LogP contribution < -0.4 is 5.62 Å². The fraction of sp³-hybridized carbons (Fsp3) is 0.385. The van der Waals surface area contributed by atoms with E-state index < -0.39 is 0 Å². The van der Waals surface area contributed by atoms with E-state index in [9.17, 15) is 4.79 Å². The number of esters is 1. The average molecular weight is 328 g/mol. The molecule has 104 valence electrons. The number of hydrogen-bond donors (Lipinski definition) is 1. The maximum absolute atomic E-state index is 11.4. The molecule has 0 fully saturated rings. The molecule has 0 bridgehead atoms. The molecule has 0 aliphatic heterocycles. The average Bonchev–Trinajstić information content (AvgIpc) is 2.65. The standard InChI is InChI=1S/C13H17N3O2.BrH/c1-3-8-15-10-6-4-5-7-11(10)16(13(15)14)9-12(17)18-2;/h4-7,14H,3,8-9H2,1-2H3;1H. The van der Waals surface area contributed by atoms with Crippen LogP contribution in [0.5, 0.6) is 0 Å². The van der Waals surface area contributed by atoms with Crippen LogP contribution in [0.1, 0.15) is 13.3 Å². The smallest absolute Gasteiger partial charge is 0.325 e. The van der Waals surface area contributed by atoms with Gasteiger partial charge >= 0.3 is 5.97 Å². The Hall–Kier alpha value is -1.56. The number of halogens is 1. The molecule has 1 aromatic heterocycles. The fourth-order valence-electron chi connectivity index (χ4n) is 2.10. The van der Waals surface area contributed by atoms with Gasteiger partial charge in [0, 0.05) is 6.54 Å². The fourth-order valence-corrected chi connectivity index (χ4v) is 2.10. The molecule has 0 unspecified atom stereocenters. The predicted molar refractivity (Wildman–Crippen MR) is 78.4 cm³/mol. The third kappa shape index (κ3) is 2.89. The van der Waals surface area contributed by atoms with E-state index in [4.69, 9.17) is 5.41 Å². The van der Waals surface area contributed by atoms with Gasteiger partial charge in [-0.15, -0.1) is 17.0 Å². The Balaban J connectivity index is 0.00000180. The van der Waals surface area contributed by atoms with Gasteiger partial charge < -0.3 is 9.30 Å². The minimum atomic E-state index is -0.340. The van der Waals surface area contributed by atoms with Gasteiger partial charge in [-0.2, -0.15) is 0 Å². The Morgan fingerprint density at radius 3 is 2.37 bits per heavy atom. The first-order valence-electron chi connectivity index (χ1n) is 5.98. The van der Waals surface area contributed by atoms with E-state index >= 15 is 0 Å². The molecule has 0 saturated carbocycles. The zero-order chi connectivity index (χ0) is 13.1. The van der Waals surface area contributed by atoms with Gasteiger partial charge in [0.1, 0.15) is 6.54 Å². The van der Waals surface area contributed by atoms with Crippen molar-refractivity contribution >= 4 is 34.0 Å². The van der Waals surface area contributed by atoms with Gasteiger partial charge in [0.25, 0.3) is 0 Å². The zero-order valence-electron chi connectivity index (χ0n) is 11.0. The lowest BCUT2D eigenvalue weighted by molar-refractivity contribution is -0.141. The normalized spacial score (nSPS) is 10.2. The van der Waals surface area contributed by atoms with Gasteiger partial charge in [-0.05, 0) is 18.6 Å². The Kier molecular flexibility index (Phi) is 5.35. The summed E-state index contributed by atoms with van der Waals surface area (Å²) in [5, 5.41) is 8.16. The maximum atomic E-state index is 11.4. The van der Waals surface area contributed by atoms with Crippen LogP contribution in [-0.4, -0.2) is 22.2 Å². The van der Waals surface area contributed by atoms with E-state index in [0.29, 0.717) is 5.62 Å². The maximum Gasteiger partial charge on any atom is 0.325 e. The van der Waals surface area contributed by atoms with Crippen LogP contribution in [0.2, 0.25) is 0 Å². The third-order valence-corrected chi connectivity index (χ3v) is 2.94. The van der Waals surface area contributed by atoms with E-state index in [1.807, 2.05) is 28.8 Å². The summed E-state index contributed by atoms with van der Waals surface area (Å²) < 4.78 is 8.27. The summed E-state index contributed by atoms with van der Waals surface area (Å²) in [5.41, 5.74) is 2.21. The number of fused-ring (bicyclic) bond motifs is 1. The Morgan fingerprint density at radius 2 is 1.84 bits per heavy atom. The van der Waals surface area contributed by atoms with Crippen LogP contribution >= 0.6 is 17.0 Å². The lowest BCUT2D eigenvalue weighted by Crippen LogP contribution is -2.27. The number of ether oxygens (including phenoxy) is 1. The molecule has 1 heterocycles. The number of carbonyl (C=O) groups excluding carboxylic acids is 1. The highest BCUT2D eigenvalue weighted by molar-refractivity contribution is 8.93. The van der Waals surface area contributed by atoms with Crippen LogP contribution in [-0.2, 0) is 22.6 Å². The number of methoxy groups -OCH3 is 1. The van der Waals surface area contributed by atoms with E-state index in [1.54, 1.807) is 4.57 Å². The van der Waals surface area contributed by atoms with Crippen molar-refractivity contribution in [2.75, 3.05) is 7.11 Å². The molecule has 1 N–H and O–H groups in total. The predicted octanol–water partition coefficient (Wildman–Crippen LogP) is 2.08. The second-order valence-corrected chi connectivity index (χ2v) is 4.13. The summed E-state index contributed by atoms with van der Waals surface area (Å²) in [5.74, 6) is -0.340. The third-order valence-electron chi connectivity index (χ3n) is 2.94. The quantitative estimate of drug-likeness (QED) is 0.874. The number of para-hydroxylation sites is 2. The van der Waals surface area contributed by atoms with Gasteiger partial charge in [-0.25, -0.2) is 0 Å². The lowest BCUT2D eigenvalue weighted by Gasteiger charge is -2.02. The highest BCUT2D eigenvalue weighted by atomic mass is 79.9. The molecule has 19 heavy (non-hydrogen) atoms. The number of carbonyl (C=O) groups is 1. The van der Waals surface area contributed by atoms with E-state index in [2.05, 4.69) is 11.7 Å². The molecule has 0 aliphatic rings. The van der Waals surface area contributed by atoms with Crippen molar-refractivity contribution in [2.45, 2.75) is 26.4 Å². The molecule has 6 heteroatoms. The van der Waals surface area contributed by atoms with Gasteiger partial charge in [0.2, 0.25) is 5.62 Å². The molecule has 0 aliphatic carbocycles. The first-order valence-corrected chi connectivity index (χ1v) is 5.98. The number of benzene rings is 1. The van der Waals surface area contributed by atoms with Gasteiger partial charge in [-0.1, -0.05) is 19.1 Å². The first-order chi connectivity index (χ1) is 8.69. The SMILES string of the molecule is Br.CCCn1c(=N)n(CC(=O)OC)c2ccccc21. The van der Waals surface area contributed by atoms with Crippen molar-refractivity contribution in [1.29, 1.82) is 5.41 Å². The molecule has 2 rings (SSSR count). The molecular weight excluding hydrogens is 310 g/mol. The summed E-state index contributed by atoms with van der Waals surface area (Å²) in [6, 6.07) is 7.74. The van der Waals surface area contributed by atoms with Gasteiger partial charge in [0.05, 0.1) is 18.1 Å². The second kappa shape index (κ2) is 6.56. The summed E-state index contributed by atoms with van der Waals surface area (Å²) in [6.07, 6.45) is 0.947. The first kappa shape index (κ1) is 15.5. The van der Waals surface area contributed by atoms with Crippen LogP contribution in [0.25, 0.3) is 11.0 Å². The minimum absolute atomic E-state index is 0. The summed E-state index contributed by atoms with van der Waals surface area (Å²) in [7, 11) is 1.36. The van der Waals surface area contributed by atoms with Crippen molar-refractivity contribution in [2.24, 2.45) is 0 Å². The van der Waals surface area contributed by atoms with Gasteiger partial charge in [0.15, 0.2) is 0 Å². The Labute approximate surface area is 122 Å². The molecule has 0 amide bonds. The summed E-state index contributed by atoms with van der Waals surface area (Å²) in [6.45, 7) is 2.92. The zero-order valence-corrected chi connectivity index (χ0v) is 12.8. The highest BCUT2D eigenvalue weighted by Gasteiger charge is 2.12. The molecule has 0 spiro atoms. The molecule has 2 aromatic rings. The number of nitrogens with one attached hydrogen (secondary N) is 1. The van der Waals surface area contributed by atoms with Crippen LogP contribution in [0, 0.1) is 5.41 Å². The monoisotopic (exact) mass is 327 g/mol. The molecule has 0 atom stereocenters. The van der Waals surface area contributed by atoms with Crippen LogP contribution in [0.15, 0.2) is 24.3 Å². The van der Waals surface area contributed by atoms with Crippen molar-refractivity contribution < 1.29 is 9.53 Å².